The molecule has 0 aliphatic carbocycles. The van der Waals surface area contributed by atoms with Crippen molar-refractivity contribution in [2.24, 2.45) is 0 Å². The molecule has 30 heavy (non-hydrogen) atoms. The van der Waals surface area contributed by atoms with Gasteiger partial charge < -0.3 is 10.1 Å². The summed E-state index contributed by atoms with van der Waals surface area (Å²) in [5.41, 5.74) is 0.349. The molecule has 4 rings (SSSR count). The topological polar surface area (TPSA) is 51.2 Å². The minimum Gasteiger partial charge on any atom is -0.483 e. The summed E-state index contributed by atoms with van der Waals surface area (Å²) in [6.45, 7) is -0.436. The maximum Gasteiger partial charge on any atom is 0.418 e. The number of carbonyl (C=O) groups is 1. The minimum absolute atomic E-state index is 0.307. The first-order chi connectivity index (χ1) is 14.4. The van der Waals surface area contributed by atoms with Gasteiger partial charge in [-0.1, -0.05) is 36.4 Å². The van der Waals surface area contributed by atoms with E-state index in [0.717, 1.165) is 21.3 Å². The minimum atomic E-state index is -4.57. The Hall–Kier alpha value is -3.39. The molecule has 4 aromatic rings. The predicted octanol–water partition coefficient (Wildman–Crippen LogP) is 6.00. The fraction of sp³-hybridized carbons (Fsp3) is 0.0909. The first-order valence-electron chi connectivity index (χ1n) is 8.95. The number of nitrogens with one attached hydrogen (secondary N) is 1. The van der Waals surface area contributed by atoms with Gasteiger partial charge in [-0.15, -0.1) is 11.3 Å². The number of halogens is 3. The molecule has 1 heterocycles. The molecule has 8 heteroatoms. The molecule has 0 atom stereocenters. The lowest BCUT2D eigenvalue weighted by Crippen LogP contribution is -2.22. The second-order valence-electron chi connectivity index (χ2n) is 6.36. The molecule has 0 aliphatic rings. The monoisotopic (exact) mass is 428 g/mol. The Bertz CT molecular complexity index is 1170. The maximum absolute atomic E-state index is 13.1. The molecule has 1 N–H and O–H groups in total. The number of ether oxygens (including phenoxy) is 1. The highest BCUT2D eigenvalue weighted by atomic mass is 32.1. The predicted molar refractivity (Wildman–Crippen MR) is 111 cm³/mol. The van der Waals surface area contributed by atoms with Gasteiger partial charge in [-0.2, -0.15) is 13.2 Å². The molecule has 1 aromatic heterocycles. The van der Waals surface area contributed by atoms with Gasteiger partial charge in [-0.3, -0.25) is 4.79 Å². The van der Waals surface area contributed by atoms with Gasteiger partial charge in [0.05, 0.1) is 27.0 Å². The second kappa shape index (κ2) is 8.16. The number of rotatable bonds is 5. The molecule has 4 nitrogen and oxygen atoms in total. The molecule has 0 bridgehead atoms. The SMILES string of the molecule is O=C(COc1ccccc1-c1nc2ccccc2s1)Nc1ccccc1C(F)(F)F. The van der Waals surface area contributed by atoms with Crippen LogP contribution in [0.4, 0.5) is 18.9 Å². The molecule has 1 amide bonds. The summed E-state index contributed by atoms with van der Waals surface area (Å²) in [5.74, 6) is -0.262. The summed E-state index contributed by atoms with van der Waals surface area (Å²) in [6, 6.07) is 19.6. The first kappa shape index (κ1) is 19.9. The fourth-order valence-electron chi connectivity index (χ4n) is 2.93. The van der Waals surface area contributed by atoms with Crippen LogP contribution in [0.3, 0.4) is 0 Å². The zero-order chi connectivity index (χ0) is 21.1. The second-order valence-corrected chi connectivity index (χ2v) is 7.39. The highest BCUT2D eigenvalue weighted by Crippen LogP contribution is 2.36. The van der Waals surface area contributed by atoms with Crippen molar-refractivity contribution in [3.63, 3.8) is 0 Å². The van der Waals surface area contributed by atoms with E-state index in [1.807, 2.05) is 36.4 Å². The van der Waals surface area contributed by atoms with E-state index in [9.17, 15) is 18.0 Å². The number of hydrogen-bond donors (Lipinski definition) is 1. The van der Waals surface area contributed by atoms with Crippen LogP contribution < -0.4 is 10.1 Å². The smallest absolute Gasteiger partial charge is 0.418 e. The van der Waals surface area contributed by atoms with Crippen LogP contribution in [0.5, 0.6) is 5.75 Å². The van der Waals surface area contributed by atoms with Crippen molar-refractivity contribution in [1.29, 1.82) is 0 Å². The number of benzene rings is 3. The number of anilines is 1. The molecule has 0 saturated heterocycles. The third-order valence-electron chi connectivity index (χ3n) is 4.28. The Balaban J connectivity index is 1.51. The molecule has 0 aliphatic heterocycles. The number of hydrogen-bond acceptors (Lipinski definition) is 4. The van der Waals surface area contributed by atoms with Crippen LogP contribution in [0, 0.1) is 0 Å². The van der Waals surface area contributed by atoms with Crippen molar-refractivity contribution in [2.45, 2.75) is 6.18 Å². The van der Waals surface area contributed by atoms with E-state index in [2.05, 4.69) is 10.3 Å². The average Bonchev–Trinajstić information content (AvgIpc) is 3.16. The van der Waals surface area contributed by atoms with E-state index in [1.165, 1.54) is 29.5 Å². The Labute approximate surface area is 174 Å². The van der Waals surface area contributed by atoms with Crippen molar-refractivity contribution in [1.82, 2.24) is 4.98 Å². The summed E-state index contributed by atoms with van der Waals surface area (Å²) in [5, 5.41) is 3.00. The quantitative estimate of drug-likeness (QED) is 0.424. The maximum atomic E-state index is 13.1. The zero-order valence-electron chi connectivity index (χ0n) is 15.4. The Morgan fingerprint density at radius 2 is 1.67 bits per heavy atom. The van der Waals surface area contributed by atoms with Gasteiger partial charge in [-0.25, -0.2) is 4.98 Å². The molecule has 0 unspecified atom stereocenters. The van der Waals surface area contributed by atoms with Crippen molar-refractivity contribution >= 4 is 33.1 Å². The molecule has 0 radical (unpaired) electrons. The highest BCUT2D eigenvalue weighted by Gasteiger charge is 2.33. The van der Waals surface area contributed by atoms with E-state index in [1.54, 1.807) is 12.1 Å². The number of amides is 1. The van der Waals surface area contributed by atoms with Gasteiger partial charge in [0.2, 0.25) is 0 Å². The summed E-state index contributed by atoms with van der Waals surface area (Å²) < 4.78 is 45.9. The molecule has 0 spiro atoms. The van der Waals surface area contributed by atoms with Gasteiger partial charge in [0.1, 0.15) is 10.8 Å². The molecular formula is C22H15F3N2O2S. The van der Waals surface area contributed by atoms with Gasteiger partial charge >= 0.3 is 6.18 Å². The van der Waals surface area contributed by atoms with Gasteiger partial charge in [0, 0.05) is 0 Å². The number of nitrogens with zero attached hydrogens (tertiary/aromatic N) is 1. The molecule has 0 fully saturated rings. The first-order valence-corrected chi connectivity index (χ1v) is 9.77. The fourth-order valence-corrected chi connectivity index (χ4v) is 3.92. The number of alkyl halides is 3. The van der Waals surface area contributed by atoms with Gasteiger partial charge in [-0.05, 0) is 36.4 Å². The van der Waals surface area contributed by atoms with Crippen LogP contribution >= 0.6 is 11.3 Å². The van der Waals surface area contributed by atoms with E-state index >= 15 is 0 Å². The number of aromatic nitrogens is 1. The van der Waals surface area contributed by atoms with Crippen LogP contribution in [0.25, 0.3) is 20.8 Å². The average molecular weight is 428 g/mol. The number of fused-ring (bicyclic) bond motifs is 1. The standard InChI is InChI=1S/C22H15F3N2O2S/c23-22(24,25)15-8-2-3-9-16(15)26-20(28)13-29-18-11-5-1-7-14(18)21-27-17-10-4-6-12-19(17)30-21/h1-12H,13H2,(H,26,28). The van der Waals surface area contributed by atoms with Crippen LogP contribution in [0.1, 0.15) is 5.56 Å². The van der Waals surface area contributed by atoms with Crippen LogP contribution in [0.2, 0.25) is 0 Å². The molecule has 0 saturated carbocycles. The van der Waals surface area contributed by atoms with Crippen molar-refractivity contribution in [2.75, 3.05) is 11.9 Å². The zero-order valence-corrected chi connectivity index (χ0v) is 16.3. The number of carbonyl (C=O) groups excluding carboxylic acids is 1. The third kappa shape index (κ3) is 4.28. The number of thiazole rings is 1. The Kier molecular flexibility index (Phi) is 5.41. The van der Waals surface area contributed by atoms with Gasteiger partial charge in [0.25, 0.3) is 5.91 Å². The summed E-state index contributed by atoms with van der Waals surface area (Å²) in [4.78, 5) is 16.8. The molecule has 152 valence electrons. The summed E-state index contributed by atoms with van der Waals surface area (Å²) >= 11 is 1.49. The lowest BCUT2D eigenvalue weighted by molar-refractivity contribution is -0.137. The third-order valence-corrected chi connectivity index (χ3v) is 5.35. The molecular weight excluding hydrogens is 413 g/mol. The van der Waals surface area contributed by atoms with Crippen LogP contribution in [-0.2, 0) is 11.0 Å². The van der Waals surface area contributed by atoms with Crippen molar-refractivity contribution in [3.05, 3.63) is 78.4 Å². The number of para-hydroxylation sites is 3. The van der Waals surface area contributed by atoms with Crippen molar-refractivity contribution < 1.29 is 22.7 Å². The lowest BCUT2D eigenvalue weighted by atomic mass is 10.1. The van der Waals surface area contributed by atoms with Crippen LogP contribution in [-0.4, -0.2) is 17.5 Å². The lowest BCUT2D eigenvalue weighted by Gasteiger charge is -2.14. The Morgan fingerprint density at radius 3 is 2.47 bits per heavy atom. The van der Waals surface area contributed by atoms with E-state index in [0.29, 0.717) is 11.3 Å². The highest BCUT2D eigenvalue weighted by molar-refractivity contribution is 7.21. The van der Waals surface area contributed by atoms with Gasteiger partial charge in [0.15, 0.2) is 6.61 Å². The summed E-state index contributed by atoms with van der Waals surface area (Å²) in [7, 11) is 0. The van der Waals surface area contributed by atoms with Crippen LogP contribution in [0.15, 0.2) is 72.8 Å². The van der Waals surface area contributed by atoms with E-state index < -0.39 is 24.3 Å². The molecule has 3 aromatic carbocycles. The van der Waals surface area contributed by atoms with Crippen molar-refractivity contribution in [3.8, 4) is 16.3 Å². The summed E-state index contributed by atoms with van der Waals surface area (Å²) in [6.07, 6.45) is -4.57. The van der Waals surface area contributed by atoms with E-state index in [-0.39, 0.29) is 5.69 Å². The normalized spacial score (nSPS) is 11.4. The Morgan fingerprint density at radius 1 is 0.967 bits per heavy atom. The largest absolute Gasteiger partial charge is 0.483 e. The van der Waals surface area contributed by atoms with E-state index in [4.69, 9.17) is 4.74 Å².